The molecule has 0 amide bonds. The Balaban J connectivity index is 2.90. The van der Waals surface area contributed by atoms with Gasteiger partial charge in [0.1, 0.15) is 18.5 Å². The first-order chi connectivity index (χ1) is 9.60. The Hall–Kier alpha value is -2.36. The van der Waals surface area contributed by atoms with Crippen molar-refractivity contribution in [1.82, 2.24) is 0 Å². The number of hydrogen-bond acceptors (Lipinski definition) is 4. The van der Waals surface area contributed by atoms with Crippen LogP contribution in [0.25, 0.3) is 17.0 Å². The molecule has 1 aromatic carbocycles. The van der Waals surface area contributed by atoms with Gasteiger partial charge in [-0.1, -0.05) is 23.4 Å². The third-order valence-electron chi connectivity index (χ3n) is 3.23. The van der Waals surface area contributed by atoms with Gasteiger partial charge in [-0.05, 0) is 32.4 Å². The van der Waals surface area contributed by atoms with Crippen molar-refractivity contribution in [2.45, 2.75) is 20.8 Å². The summed E-state index contributed by atoms with van der Waals surface area (Å²) in [5.74, 6) is 0.618. The number of benzene rings is 1. The molecule has 1 heterocycles. The van der Waals surface area contributed by atoms with Gasteiger partial charge >= 0.3 is 0 Å². The van der Waals surface area contributed by atoms with Gasteiger partial charge in [-0.15, -0.1) is 0 Å². The maximum atomic E-state index is 12.3. The Kier molecular flexibility index (Phi) is 4.03. The molecule has 104 valence electrons. The number of nitrogens with zero attached hydrogens (tertiary/aromatic N) is 1. The van der Waals surface area contributed by atoms with Crippen molar-refractivity contribution in [2.75, 3.05) is 7.11 Å². The molecular formula is C16H17NO3. The lowest BCUT2D eigenvalue weighted by atomic mass is 10.0. The van der Waals surface area contributed by atoms with Crippen molar-refractivity contribution in [3.8, 4) is 0 Å². The van der Waals surface area contributed by atoms with Gasteiger partial charge in [0.05, 0.1) is 11.6 Å². The van der Waals surface area contributed by atoms with Gasteiger partial charge in [0.15, 0.2) is 5.43 Å². The first kappa shape index (κ1) is 14.1. The van der Waals surface area contributed by atoms with Crippen LogP contribution >= 0.6 is 0 Å². The van der Waals surface area contributed by atoms with Crippen LogP contribution in [0.2, 0.25) is 0 Å². The second kappa shape index (κ2) is 5.74. The fraction of sp³-hybridized carbons (Fsp3) is 0.250. The summed E-state index contributed by atoms with van der Waals surface area (Å²) in [6.45, 7) is 5.48. The summed E-state index contributed by atoms with van der Waals surface area (Å²) < 4.78 is 5.81. The molecule has 0 aliphatic heterocycles. The summed E-state index contributed by atoms with van der Waals surface area (Å²) in [5.41, 5.74) is 2.82. The molecule has 0 saturated carbocycles. The molecule has 4 heteroatoms. The van der Waals surface area contributed by atoms with Crippen molar-refractivity contribution < 1.29 is 9.25 Å². The second-order valence-corrected chi connectivity index (χ2v) is 4.47. The monoisotopic (exact) mass is 271 g/mol. The smallest absolute Gasteiger partial charge is 0.195 e. The number of fused-ring (bicyclic) bond motifs is 1. The van der Waals surface area contributed by atoms with Crippen LogP contribution in [0.3, 0.4) is 0 Å². The van der Waals surface area contributed by atoms with E-state index in [1.54, 1.807) is 26.1 Å². The lowest BCUT2D eigenvalue weighted by Crippen LogP contribution is -2.08. The standard InChI is InChI=1S/C16H17NO3/c1-5-6-12-7-8-13-15(18)10(2)11(3)20-16(13)14(12)9-17-19-4/h5-9H,1-4H3/b6-5+,17-9+. The molecule has 0 atom stereocenters. The van der Waals surface area contributed by atoms with E-state index in [1.165, 1.54) is 7.11 Å². The summed E-state index contributed by atoms with van der Waals surface area (Å²) in [7, 11) is 1.47. The van der Waals surface area contributed by atoms with Gasteiger partial charge in [-0.3, -0.25) is 4.79 Å². The maximum absolute atomic E-state index is 12.3. The number of rotatable bonds is 3. The van der Waals surface area contributed by atoms with E-state index in [4.69, 9.17) is 9.25 Å². The van der Waals surface area contributed by atoms with E-state index in [9.17, 15) is 4.79 Å². The quantitative estimate of drug-likeness (QED) is 0.635. The Labute approximate surface area is 117 Å². The topological polar surface area (TPSA) is 51.8 Å². The minimum atomic E-state index is -0.0113. The highest BCUT2D eigenvalue weighted by Crippen LogP contribution is 2.22. The molecule has 4 nitrogen and oxygen atoms in total. The summed E-state index contributed by atoms with van der Waals surface area (Å²) in [4.78, 5) is 17.0. The van der Waals surface area contributed by atoms with Crippen LogP contribution in [0.15, 0.2) is 32.6 Å². The average molecular weight is 271 g/mol. The lowest BCUT2D eigenvalue weighted by molar-refractivity contribution is 0.215. The van der Waals surface area contributed by atoms with Gasteiger partial charge < -0.3 is 9.25 Å². The van der Waals surface area contributed by atoms with Crippen molar-refractivity contribution in [2.24, 2.45) is 5.16 Å². The van der Waals surface area contributed by atoms with Gasteiger partial charge in [0.25, 0.3) is 0 Å². The van der Waals surface area contributed by atoms with Gasteiger partial charge in [0.2, 0.25) is 0 Å². The summed E-state index contributed by atoms with van der Waals surface area (Å²) in [6, 6.07) is 3.66. The average Bonchev–Trinajstić information content (AvgIpc) is 2.44. The van der Waals surface area contributed by atoms with Gasteiger partial charge in [0, 0.05) is 11.1 Å². The predicted molar refractivity (Wildman–Crippen MR) is 81.3 cm³/mol. The van der Waals surface area contributed by atoms with Crippen molar-refractivity contribution >= 4 is 23.3 Å². The second-order valence-electron chi connectivity index (χ2n) is 4.47. The van der Waals surface area contributed by atoms with E-state index >= 15 is 0 Å². The Morgan fingerprint density at radius 1 is 1.30 bits per heavy atom. The van der Waals surface area contributed by atoms with Crippen LogP contribution in [-0.2, 0) is 4.84 Å². The summed E-state index contributed by atoms with van der Waals surface area (Å²) >= 11 is 0. The van der Waals surface area contributed by atoms with E-state index in [-0.39, 0.29) is 5.43 Å². The van der Waals surface area contributed by atoms with Gasteiger partial charge in [-0.25, -0.2) is 0 Å². The molecule has 2 rings (SSSR count). The molecule has 0 fully saturated rings. The van der Waals surface area contributed by atoms with Crippen LogP contribution in [0.4, 0.5) is 0 Å². The number of oxime groups is 1. The van der Waals surface area contributed by atoms with Crippen molar-refractivity contribution in [3.05, 3.63) is 50.9 Å². The fourth-order valence-electron chi connectivity index (χ4n) is 2.06. The predicted octanol–water partition coefficient (Wildman–Crippen LogP) is 3.42. The highest BCUT2D eigenvalue weighted by atomic mass is 16.6. The Bertz CT molecular complexity index is 754. The molecule has 0 spiro atoms. The molecule has 0 unspecified atom stereocenters. The highest BCUT2D eigenvalue weighted by molar-refractivity contribution is 6.00. The molecule has 2 aromatic rings. The zero-order chi connectivity index (χ0) is 14.7. The van der Waals surface area contributed by atoms with E-state index < -0.39 is 0 Å². The Morgan fingerprint density at radius 3 is 2.70 bits per heavy atom. The minimum Gasteiger partial charge on any atom is -0.460 e. The van der Waals surface area contributed by atoms with Crippen molar-refractivity contribution in [1.29, 1.82) is 0 Å². The molecule has 0 bridgehead atoms. The minimum absolute atomic E-state index is 0.0113. The lowest BCUT2D eigenvalue weighted by Gasteiger charge is -2.08. The van der Waals surface area contributed by atoms with Crippen LogP contribution in [0.5, 0.6) is 0 Å². The van der Waals surface area contributed by atoms with Crippen molar-refractivity contribution in [3.63, 3.8) is 0 Å². The zero-order valence-electron chi connectivity index (χ0n) is 12.1. The summed E-state index contributed by atoms with van der Waals surface area (Å²) in [5, 5.41) is 4.35. The number of allylic oxidation sites excluding steroid dienone is 1. The molecule has 0 saturated heterocycles. The fourth-order valence-corrected chi connectivity index (χ4v) is 2.06. The molecule has 0 radical (unpaired) electrons. The number of aryl methyl sites for hydroxylation is 1. The maximum Gasteiger partial charge on any atom is 0.195 e. The zero-order valence-corrected chi connectivity index (χ0v) is 12.1. The van der Waals surface area contributed by atoms with Crippen LogP contribution < -0.4 is 5.43 Å². The first-order valence-electron chi connectivity index (χ1n) is 6.36. The number of hydrogen-bond donors (Lipinski definition) is 0. The Morgan fingerprint density at radius 2 is 2.05 bits per heavy atom. The normalized spacial score (nSPS) is 11.8. The van der Waals surface area contributed by atoms with E-state index in [2.05, 4.69) is 5.16 Å². The highest BCUT2D eigenvalue weighted by Gasteiger charge is 2.13. The van der Waals surface area contributed by atoms with Crippen LogP contribution in [-0.4, -0.2) is 13.3 Å². The van der Waals surface area contributed by atoms with Crippen LogP contribution in [0, 0.1) is 13.8 Å². The third-order valence-corrected chi connectivity index (χ3v) is 3.23. The molecular weight excluding hydrogens is 254 g/mol. The molecule has 20 heavy (non-hydrogen) atoms. The van der Waals surface area contributed by atoms with Crippen LogP contribution in [0.1, 0.15) is 29.4 Å². The molecule has 0 aliphatic carbocycles. The molecule has 1 aromatic heterocycles. The van der Waals surface area contributed by atoms with E-state index in [0.29, 0.717) is 22.3 Å². The molecule has 0 N–H and O–H groups in total. The van der Waals surface area contributed by atoms with E-state index in [0.717, 1.165) is 11.1 Å². The third kappa shape index (κ3) is 2.37. The largest absolute Gasteiger partial charge is 0.460 e. The SMILES string of the molecule is C/C=C/c1ccc2c(=O)c(C)c(C)oc2c1/C=N/OC. The van der Waals surface area contributed by atoms with Gasteiger partial charge in [-0.2, -0.15) is 0 Å². The summed E-state index contributed by atoms with van der Waals surface area (Å²) in [6.07, 6.45) is 5.42. The molecule has 0 aliphatic rings. The van der Waals surface area contributed by atoms with E-state index in [1.807, 2.05) is 25.1 Å². The first-order valence-corrected chi connectivity index (χ1v) is 6.36.